The Morgan fingerprint density at radius 2 is 2.23 bits per heavy atom. The Hall–Kier alpha value is -0.290. The van der Waals surface area contributed by atoms with Gasteiger partial charge in [-0.25, -0.2) is 4.98 Å². The van der Waals surface area contributed by atoms with E-state index < -0.39 is 0 Å². The predicted octanol–water partition coefficient (Wildman–Crippen LogP) is 1.51. The smallest absolute Gasteiger partial charge is 0.181 e. The second-order valence-corrected chi connectivity index (χ2v) is 3.45. The average molecular weight is 203 g/mol. The Balaban J connectivity index is 0.000000845. The summed E-state index contributed by atoms with van der Waals surface area (Å²) >= 11 is 1.47. The molecule has 0 amide bonds. The van der Waals surface area contributed by atoms with Crippen molar-refractivity contribution in [2.75, 3.05) is 12.8 Å². The van der Waals surface area contributed by atoms with Crippen molar-refractivity contribution in [2.45, 2.75) is 0 Å². The van der Waals surface area contributed by atoms with E-state index in [0.717, 1.165) is 16.0 Å². The predicted molar refractivity (Wildman–Crippen MR) is 56.3 cm³/mol. The zero-order valence-corrected chi connectivity index (χ0v) is 10.4. The van der Waals surface area contributed by atoms with Gasteiger partial charge in [-0.05, 0) is 18.2 Å². The molecule has 0 saturated carbocycles. The first-order valence-corrected chi connectivity index (χ1v) is 4.31. The van der Waals surface area contributed by atoms with Crippen LogP contribution in [0.15, 0.2) is 18.2 Å². The maximum Gasteiger partial charge on any atom is 0.181 e. The van der Waals surface area contributed by atoms with Crippen molar-refractivity contribution in [3.05, 3.63) is 18.2 Å². The van der Waals surface area contributed by atoms with Gasteiger partial charge in [0, 0.05) is 29.6 Å². The second-order valence-electron chi connectivity index (χ2n) is 2.39. The van der Waals surface area contributed by atoms with E-state index in [2.05, 4.69) is 4.98 Å². The summed E-state index contributed by atoms with van der Waals surface area (Å²) in [6.07, 6.45) is 0. The SMILES string of the molecule is COc1ccc2nc(N)sc2c1.[Na]. The molecule has 2 aromatic rings. The topological polar surface area (TPSA) is 48.1 Å². The van der Waals surface area contributed by atoms with Crippen LogP contribution in [-0.2, 0) is 0 Å². The summed E-state index contributed by atoms with van der Waals surface area (Å²) in [4.78, 5) is 4.13. The molecule has 0 spiro atoms. The number of rotatable bonds is 1. The van der Waals surface area contributed by atoms with Gasteiger partial charge < -0.3 is 10.5 Å². The van der Waals surface area contributed by atoms with Gasteiger partial charge >= 0.3 is 0 Å². The molecule has 0 atom stereocenters. The third kappa shape index (κ3) is 2.14. The van der Waals surface area contributed by atoms with E-state index in [4.69, 9.17) is 10.5 Å². The van der Waals surface area contributed by atoms with E-state index >= 15 is 0 Å². The summed E-state index contributed by atoms with van der Waals surface area (Å²) < 4.78 is 6.13. The summed E-state index contributed by atoms with van der Waals surface area (Å²) in [7, 11) is 1.64. The van der Waals surface area contributed by atoms with Crippen molar-refractivity contribution < 1.29 is 4.74 Å². The first-order valence-electron chi connectivity index (χ1n) is 3.49. The van der Waals surface area contributed by atoms with Gasteiger partial charge in [-0.1, -0.05) is 11.3 Å². The molecule has 0 aliphatic rings. The summed E-state index contributed by atoms with van der Waals surface area (Å²) in [5, 5.41) is 0.596. The third-order valence-corrected chi connectivity index (χ3v) is 2.46. The number of nitrogens with two attached hydrogens (primary N) is 1. The molecule has 0 bridgehead atoms. The van der Waals surface area contributed by atoms with Crippen LogP contribution < -0.4 is 10.5 Å². The molecule has 13 heavy (non-hydrogen) atoms. The van der Waals surface area contributed by atoms with Crippen molar-refractivity contribution in [1.29, 1.82) is 0 Å². The molecule has 3 nitrogen and oxygen atoms in total. The van der Waals surface area contributed by atoms with Crippen LogP contribution in [0.25, 0.3) is 10.2 Å². The van der Waals surface area contributed by atoms with Crippen molar-refractivity contribution in [2.24, 2.45) is 0 Å². The molecule has 1 aromatic heterocycles. The van der Waals surface area contributed by atoms with Crippen LogP contribution in [0.1, 0.15) is 0 Å². The molecule has 2 N–H and O–H groups in total. The number of hydrogen-bond acceptors (Lipinski definition) is 4. The molecule has 0 fully saturated rings. The summed E-state index contributed by atoms with van der Waals surface area (Å²) in [6.45, 7) is 0. The standard InChI is InChI=1S/C8H8N2OS.Na/c1-11-5-2-3-6-7(4-5)12-8(9)10-6;/h2-4H,1H3,(H2,9,10);. The molecule has 2 rings (SSSR count). The maximum atomic E-state index is 5.55. The largest absolute Gasteiger partial charge is 0.497 e. The number of anilines is 1. The van der Waals surface area contributed by atoms with Crippen LogP contribution in [0.2, 0.25) is 0 Å². The number of ether oxygens (including phenoxy) is 1. The fraction of sp³-hybridized carbons (Fsp3) is 0.125. The fourth-order valence-electron chi connectivity index (χ4n) is 1.05. The van der Waals surface area contributed by atoms with Crippen LogP contribution >= 0.6 is 11.3 Å². The number of aromatic nitrogens is 1. The number of methoxy groups -OCH3 is 1. The quantitative estimate of drug-likeness (QED) is 0.714. The monoisotopic (exact) mass is 203 g/mol. The molecule has 1 radical (unpaired) electrons. The average Bonchev–Trinajstić information content (AvgIpc) is 2.43. The second kappa shape index (κ2) is 4.28. The minimum atomic E-state index is 0. The molecule has 5 heteroatoms. The minimum Gasteiger partial charge on any atom is -0.497 e. The Morgan fingerprint density at radius 3 is 2.92 bits per heavy atom. The normalized spacial score (nSPS) is 9.62. The van der Waals surface area contributed by atoms with Crippen LogP contribution in [0.5, 0.6) is 5.75 Å². The van der Waals surface area contributed by atoms with Gasteiger partial charge in [-0.2, -0.15) is 0 Å². The molecule has 1 heterocycles. The zero-order chi connectivity index (χ0) is 8.55. The van der Waals surface area contributed by atoms with Crippen LogP contribution in [0.3, 0.4) is 0 Å². The Bertz CT molecular complexity index is 415. The first kappa shape index (κ1) is 10.8. The molecule has 0 aliphatic carbocycles. The minimum absolute atomic E-state index is 0. The van der Waals surface area contributed by atoms with E-state index in [1.807, 2.05) is 18.2 Å². The van der Waals surface area contributed by atoms with E-state index in [1.165, 1.54) is 11.3 Å². The number of nitrogen functional groups attached to an aromatic ring is 1. The Labute approximate surface area is 102 Å². The van der Waals surface area contributed by atoms with Crippen molar-refractivity contribution in [1.82, 2.24) is 4.98 Å². The fourth-order valence-corrected chi connectivity index (χ4v) is 1.81. The van der Waals surface area contributed by atoms with E-state index in [1.54, 1.807) is 7.11 Å². The summed E-state index contributed by atoms with van der Waals surface area (Å²) in [6, 6.07) is 5.71. The Kier molecular flexibility index (Phi) is 3.55. The molecule has 0 unspecified atom stereocenters. The maximum absolute atomic E-state index is 5.55. The van der Waals surface area contributed by atoms with Gasteiger partial charge in [0.25, 0.3) is 0 Å². The number of thiazole rings is 1. The first-order chi connectivity index (χ1) is 5.79. The van der Waals surface area contributed by atoms with Gasteiger partial charge in [-0.3, -0.25) is 0 Å². The number of fused-ring (bicyclic) bond motifs is 1. The number of hydrogen-bond donors (Lipinski definition) is 1. The molecule has 1 aromatic carbocycles. The number of benzene rings is 1. The van der Waals surface area contributed by atoms with Gasteiger partial charge in [0.2, 0.25) is 0 Å². The van der Waals surface area contributed by atoms with Crippen LogP contribution in [0, 0.1) is 0 Å². The molecular formula is C8H8N2NaOS. The molecule has 63 valence electrons. The zero-order valence-electron chi connectivity index (χ0n) is 7.57. The molecular weight excluding hydrogens is 195 g/mol. The van der Waals surface area contributed by atoms with E-state index in [0.29, 0.717) is 5.13 Å². The van der Waals surface area contributed by atoms with Crippen molar-refractivity contribution in [3.63, 3.8) is 0 Å². The van der Waals surface area contributed by atoms with Crippen LogP contribution in [-0.4, -0.2) is 41.7 Å². The molecule has 0 aliphatic heterocycles. The van der Waals surface area contributed by atoms with Gasteiger partial charge in [0.05, 0.1) is 17.3 Å². The number of nitrogens with zero attached hydrogens (tertiary/aromatic N) is 1. The van der Waals surface area contributed by atoms with E-state index in [-0.39, 0.29) is 29.6 Å². The third-order valence-electron chi connectivity index (χ3n) is 1.61. The summed E-state index contributed by atoms with van der Waals surface area (Å²) in [5.41, 5.74) is 6.48. The van der Waals surface area contributed by atoms with Crippen molar-refractivity contribution >= 4 is 56.2 Å². The van der Waals surface area contributed by atoms with Gasteiger partial charge in [0.1, 0.15) is 5.75 Å². The Morgan fingerprint density at radius 1 is 1.46 bits per heavy atom. The van der Waals surface area contributed by atoms with E-state index in [9.17, 15) is 0 Å². The molecule has 0 saturated heterocycles. The van der Waals surface area contributed by atoms with Gasteiger partial charge in [-0.15, -0.1) is 0 Å². The van der Waals surface area contributed by atoms with Gasteiger partial charge in [0.15, 0.2) is 5.13 Å². The van der Waals surface area contributed by atoms with Crippen LogP contribution in [0.4, 0.5) is 5.13 Å². The van der Waals surface area contributed by atoms with Crippen molar-refractivity contribution in [3.8, 4) is 5.75 Å². The summed E-state index contributed by atoms with van der Waals surface area (Å²) in [5.74, 6) is 0.839.